The Kier molecular flexibility index (Phi) is 4.29. The number of rotatable bonds is 3. The fraction of sp³-hybridized carbons (Fsp3) is 0.529. The zero-order valence-electron chi connectivity index (χ0n) is 13.2. The number of fused-ring (bicyclic) bond motifs is 1. The van der Waals surface area contributed by atoms with E-state index in [2.05, 4.69) is 32.7 Å². The normalized spacial score (nSPS) is 22.0. The second-order valence-electron chi connectivity index (χ2n) is 6.42. The molecule has 4 rings (SSSR count). The van der Waals surface area contributed by atoms with E-state index in [1.165, 1.54) is 17.7 Å². The molecule has 0 amide bonds. The highest BCUT2D eigenvalue weighted by Gasteiger charge is 2.24. The van der Waals surface area contributed by atoms with E-state index in [0.29, 0.717) is 0 Å². The maximum Gasteiger partial charge on any atom is 0.254 e. The van der Waals surface area contributed by atoms with Crippen molar-refractivity contribution in [3.8, 4) is 0 Å². The summed E-state index contributed by atoms with van der Waals surface area (Å²) in [5.74, 6) is 0.825. The summed E-state index contributed by atoms with van der Waals surface area (Å²) >= 11 is 1.79. The summed E-state index contributed by atoms with van der Waals surface area (Å²) in [6, 6.07) is 4.46. The number of thiophene rings is 1. The average molecular weight is 330 g/mol. The summed E-state index contributed by atoms with van der Waals surface area (Å²) in [6.45, 7) is 3.66. The first kappa shape index (κ1) is 15.1. The van der Waals surface area contributed by atoms with Gasteiger partial charge in [0, 0.05) is 30.1 Å². The first-order valence-corrected chi connectivity index (χ1v) is 9.27. The minimum absolute atomic E-state index is 0.0631. The molecule has 2 aliphatic heterocycles. The van der Waals surface area contributed by atoms with Gasteiger partial charge in [-0.05, 0) is 37.3 Å². The molecule has 0 saturated carbocycles. The molecule has 23 heavy (non-hydrogen) atoms. The van der Waals surface area contributed by atoms with Crippen LogP contribution < -0.4 is 10.9 Å². The zero-order chi connectivity index (χ0) is 15.6. The molecule has 2 N–H and O–H groups in total. The lowest BCUT2D eigenvalue weighted by atomic mass is 10.0. The third kappa shape index (κ3) is 3.24. The summed E-state index contributed by atoms with van der Waals surface area (Å²) < 4.78 is 0. The van der Waals surface area contributed by atoms with E-state index >= 15 is 0 Å². The first-order valence-electron chi connectivity index (χ1n) is 8.40. The molecule has 4 heterocycles. The Morgan fingerprint density at radius 1 is 1.39 bits per heavy atom. The number of nitrogens with zero attached hydrogens (tertiary/aromatic N) is 2. The predicted molar refractivity (Wildman–Crippen MR) is 91.6 cm³/mol. The van der Waals surface area contributed by atoms with Crippen LogP contribution in [0, 0.1) is 0 Å². The van der Waals surface area contributed by atoms with Gasteiger partial charge in [0.25, 0.3) is 5.56 Å². The smallest absolute Gasteiger partial charge is 0.254 e. The molecule has 0 unspecified atom stereocenters. The van der Waals surface area contributed by atoms with Crippen molar-refractivity contribution in [2.75, 3.05) is 13.1 Å². The third-order valence-corrected chi connectivity index (χ3v) is 5.63. The summed E-state index contributed by atoms with van der Waals surface area (Å²) in [4.78, 5) is 24.0. The number of nitrogens with one attached hydrogen (secondary N) is 2. The van der Waals surface area contributed by atoms with Crippen molar-refractivity contribution in [2.45, 2.75) is 44.8 Å². The van der Waals surface area contributed by atoms with Gasteiger partial charge in [-0.15, -0.1) is 11.3 Å². The Bertz CT molecular complexity index is 719. The number of aromatic amines is 1. The van der Waals surface area contributed by atoms with Crippen LogP contribution in [-0.4, -0.2) is 28.0 Å². The molecular weight excluding hydrogens is 308 g/mol. The molecule has 2 aromatic rings. The van der Waals surface area contributed by atoms with Gasteiger partial charge >= 0.3 is 0 Å². The standard InChI is InChI=1S/C17H22N4OS/c22-17-13-6-8-21(10-12-4-3-9-23-12)11-15(13)19-16(20-17)14-5-1-2-7-18-14/h3-4,9,14,18H,1-2,5-8,10-11H2,(H,19,20,22)/t14-/m0/s1. The Morgan fingerprint density at radius 2 is 2.35 bits per heavy atom. The van der Waals surface area contributed by atoms with Crippen molar-refractivity contribution in [2.24, 2.45) is 0 Å². The van der Waals surface area contributed by atoms with Gasteiger partial charge in [0.2, 0.25) is 0 Å². The van der Waals surface area contributed by atoms with Crippen molar-refractivity contribution >= 4 is 11.3 Å². The fourth-order valence-corrected chi connectivity index (χ4v) is 4.27. The topological polar surface area (TPSA) is 61.0 Å². The van der Waals surface area contributed by atoms with Crippen molar-refractivity contribution in [1.82, 2.24) is 20.2 Å². The molecular formula is C17H22N4OS. The molecule has 2 aliphatic rings. The summed E-state index contributed by atoms with van der Waals surface area (Å²) in [5.41, 5.74) is 1.92. The highest BCUT2D eigenvalue weighted by atomic mass is 32.1. The Labute approximate surface area is 139 Å². The maximum atomic E-state index is 12.4. The lowest BCUT2D eigenvalue weighted by Gasteiger charge is -2.28. The van der Waals surface area contributed by atoms with Crippen LogP contribution in [0.4, 0.5) is 0 Å². The lowest BCUT2D eigenvalue weighted by Crippen LogP contribution is -2.37. The summed E-state index contributed by atoms with van der Waals surface area (Å²) in [6.07, 6.45) is 4.26. The van der Waals surface area contributed by atoms with Crippen molar-refractivity contribution < 1.29 is 0 Å². The third-order valence-electron chi connectivity index (χ3n) is 4.77. The van der Waals surface area contributed by atoms with Crippen molar-refractivity contribution in [3.63, 3.8) is 0 Å². The summed E-state index contributed by atoms with van der Waals surface area (Å²) in [5, 5.41) is 5.59. The molecule has 1 fully saturated rings. The molecule has 6 heteroatoms. The van der Waals surface area contributed by atoms with Gasteiger partial charge in [-0.1, -0.05) is 12.5 Å². The van der Waals surface area contributed by atoms with Gasteiger partial charge in [-0.25, -0.2) is 4.98 Å². The van der Waals surface area contributed by atoms with Gasteiger partial charge in [-0.2, -0.15) is 0 Å². The van der Waals surface area contributed by atoms with Crippen LogP contribution in [0.25, 0.3) is 0 Å². The number of aromatic nitrogens is 2. The Morgan fingerprint density at radius 3 is 3.13 bits per heavy atom. The largest absolute Gasteiger partial charge is 0.309 e. The van der Waals surface area contributed by atoms with E-state index in [-0.39, 0.29) is 11.6 Å². The molecule has 1 atom stereocenters. The fourth-order valence-electron chi connectivity index (χ4n) is 3.52. The van der Waals surface area contributed by atoms with Crippen molar-refractivity contribution in [1.29, 1.82) is 0 Å². The second kappa shape index (κ2) is 6.55. The highest BCUT2D eigenvalue weighted by molar-refractivity contribution is 7.09. The SMILES string of the molecule is O=c1[nH]c([C@@H]2CCCCN2)nc2c1CCN(Cc1cccs1)C2. The van der Waals surface area contributed by atoms with Crippen LogP contribution in [0.2, 0.25) is 0 Å². The molecule has 0 aliphatic carbocycles. The second-order valence-corrected chi connectivity index (χ2v) is 7.45. The van der Waals surface area contributed by atoms with Crippen LogP contribution in [0.15, 0.2) is 22.3 Å². The van der Waals surface area contributed by atoms with Gasteiger partial charge < -0.3 is 10.3 Å². The van der Waals surface area contributed by atoms with Crippen LogP contribution in [0.1, 0.15) is 47.3 Å². The molecule has 0 aromatic carbocycles. The molecule has 2 aromatic heterocycles. The van der Waals surface area contributed by atoms with E-state index in [9.17, 15) is 4.79 Å². The number of piperidine rings is 1. The van der Waals surface area contributed by atoms with Gasteiger partial charge in [0.05, 0.1) is 11.7 Å². The highest BCUT2D eigenvalue weighted by Crippen LogP contribution is 2.22. The van der Waals surface area contributed by atoms with Crippen molar-refractivity contribution in [3.05, 3.63) is 49.8 Å². The minimum atomic E-state index is 0.0631. The van der Waals surface area contributed by atoms with Crippen LogP contribution in [0.3, 0.4) is 0 Å². The quantitative estimate of drug-likeness (QED) is 0.906. The zero-order valence-corrected chi connectivity index (χ0v) is 14.0. The molecule has 5 nitrogen and oxygen atoms in total. The Hall–Kier alpha value is -1.50. The summed E-state index contributed by atoms with van der Waals surface area (Å²) in [7, 11) is 0. The molecule has 0 radical (unpaired) electrons. The number of H-pyrrole nitrogens is 1. The van der Waals surface area contributed by atoms with E-state index in [0.717, 1.165) is 56.1 Å². The minimum Gasteiger partial charge on any atom is -0.309 e. The number of hydrogen-bond acceptors (Lipinski definition) is 5. The van der Waals surface area contributed by atoms with E-state index in [4.69, 9.17) is 4.98 Å². The van der Waals surface area contributed by atoms with Gasteiger partial charge in [0.1, 0.15) is 5.82 Å². The van der Waals surface area contributed by atoms with Gasteiger partial charge in [0.15, 0.2) is 0 Å². The van der Waals surface area contributed by atoms with E-state index in [1.54, 1.807) is 11.3 Å². The monoisotopic (exact) mass is 330 g/mol. The van der Waals surface area contributed by atoms with Crippen LogP contribution in [-0.2, 0) is 19.5 Å². The van der Waals surface area contributed by atoms with Crippen LogP contribution >= 0.6 is 11.3 Å². The van der Waals surface area contributed by atoms with E-state index < -0.39 is 0 Å². The molecule has 0 spiro atoms. The van der Waals surface area contributed by atoms with Gasteiger partial charge in [-0.3, -0.25) is 9.69 Å². The predicted octanol–water partition coefficient (Wildman–Crippen LogP) is 2.20. The Balaban J connectivity index is 1.56. The molecule has 0 bridgehead atoms. The van der Waals surface area contributed by atoms with Crippen LogP contribution in [0.5, 0.6) is 0 Å². The average Bonchev–Trinajstić information content (AvgIpc) is 3.08. The molecule has 1 saturated heterocycles. The first-order chi connectivity index (χ1) is 11.3. The lowest BCUT2D eigenvalue weighted by molar-refractivity contribution is 0.241. The van der Waals surface area contributed by atoms with E-state index in [1.807, 2.05) is 0 Å². The molecule has 122 valence electrons. The maximum absolute atomic E-state index is 12.4. The number of hydrogen-bond donors (Lipinski definition) is 2.